The van der Waals surface area contributed by atoms with Crippen molar-refractivity contribution < 1.29 is 14.7 Å². The van der Waals surface area contributed by atoms with Gasteiger partial charge in [-0.15, -0.1) is 0 Å². The molecule has 104 valence electrons. The van der Waals surface area contributed by atoms with Crippen LogP contribution in [0, 0.1) is 5.92 Å². The van der Waals surface area contributed by atoms with Gasteiger partial charge < -0.3 is 10.4 Å². The number of carboxylic acids is 1. The van der Waals surface area contributed by atoms with Gasteiger partial charge in [-0.05, 0) is 26.2 Å². The first kappa shape index (κ1) is 13.5. The first-order chi connectivity index (χ1) is 9.08. The molecule has 1 fully saturated rings. The third-order valence-corrected chi connectivity index (χ3v) is 3.58. The fourth-order valence-corrected chi connectivity index (χ4v) is 2.40. The van der Waals surface area contributed by atoms with Crippen molar-refractivity contribution in [1.29, 1.82) is 0 Å². The van der Waals surface area contributed by atoms with Crippen molar-refractivity contribution >= 4 is 11.9 Å². The molecule has 1 heterocycles. The summed E-state index contributed by atoms with van der Waals surface area (Å²) in [5.41, 5.74) is 0. The molecule has 1 amide bonds. The van der Waals surface area contributed by atoms with Crippen LogP contribution >= 0.6 is 0 Å². The number of aromatic nitrogens is 3. The molecular formula is C12H18N4O3. The second-order valence-corrected chi connectivity index (χ2v) is 4.96. The van der Waals surface area contributed by atoms with E-state index in [9.17, 15) is 9.59 Å². The van der Waals surface area contributed by atoms with Crippen LogP contribution in [0.4, 0.5) is 0 Å². The minimum atomic E-state index is -0.775. The summed E-state index contributed by atoms with van der Waals surface area (Å²) in [6.45, 7) is 1.74. The summed E-state index contributed by atoms with van der Waals surface area (Å²) in [6, 6.07) is -0.499. The van der Waals surface area contributed by atoms with Crippen molar-refractivity contribution in [2.24, 2.45) is 5.92 Å². The van der Waals surface area contributed by atoms with E-state index in [-0.39, 0.29) is 17.9 Å². The Kier molecular flexibility index (Phi) is 4.13. The molecule has 1 saturated carbocycles. The quantitative estimate of drug-likeness (QED) is 0.831. The lowest BCUT2D eigenvalue weighted by Gasteiger charge is -2.28. The molecule has 3 atom stereocenters. The molecule has 2 rings (SSSR count). The van der Waals surface area contributed by atoms with E-state index >= 15 is 0 Å². The Hall–Kier alpha value is -1.92. The lowest BCUT2D eigenvalue weighted by molar-refractivity contribution is -0.143. The highest BCUT2D eigenvalue weighted by Crippen LogP contribution is 2.24. The molecule has 1 aromatic rings. The first-order valence-electron chi connectivity index (χ1n) is 6.45. The zero-order valence-corrected chi connectivity index (χ0v) is 10.8. The molecular weight excluding hydrogens is 248 g/mol. The molecule has 2 N–H and O–H groups in total. The van der Waals surface area contributed by atoms with Gasteiger partial charge in [0.1, 0.15) is 18.7 Å². The van der Waals surface area contributed by atoms with E-state index in [0.29, 0.717) is 12.8 Å². The van der Waals surface area contributed by atoms with Crippen LogP contribution in [0.3, 0.4) is 0 Å². The van der Waals surface area contributed by atoms with Crippen molar-refractivity contribution in [3.05, 3.63) is 12.7 Å². The number of aliphatic carboxylic acids is 1. The molecule has 0 radical (unpaired) electrons. The zero-order valence-electron chi connectivity index (χ0n) is 10.8. The number of carboxylic acid groups (broad SMARTS) is 1. The number of hydrogen-bond donors (Lipinski definition) is 2. The first-order valence-corrected chi connectivity index (χ1v) is 6.45. The number of rotatable bonds is 4. The molecule has 1 aliphatic rings. The van der Waals surface area contributed by atoms with E-state index in [4.69, 9.17) is 5.11 Å². The van der Waals surface area contributed by atoms with Gasteiger partial charge in [-0.3, -0.25) is 9.59 Å². The number of amides is 1. The summed E-state index contributed by atoms with van der Waals surface area (Å²) in [5, 5.41) is 15.8. The molecule has 7 heteroatoms. The minimum absolute atomic E-state index is 0.0617. The summed E-state index contributed by atoms with van der Waals surface area (Å²) in [6.07, 6.45) is 5.74. The lowest BCUT2D eigenvalue weighted by Crippen LogP contribution is -2.42. The normalized spacial score (nSPS) is 24.7. The van der Waals surface area contributed by atoms with Gasteiger partial charge in [0.25, 0.3) is 0 Å². The maximum absolute atomic E-state index is 12.0. The van der Waals surface area contributed by atoms with Crippen LogP contribution in [0.2, 0.25) is 0 Å². The van der Waals surface area contributed by atoms with E-state index in [1.165, 1.54) is 17.3 Å². The summed E-state index contributed by atoms with van der Waals surface area (Å²) in [4.78, 5) is 26.8. The highest BCUT2D eigenvalue weighted by atomic mass is 16.4. The van der Waals surface area contributed by atoms with Crippen molar-refractivity contribution in [2.45, 2.75) is 44.7 Å². The number of nitrogens with zero attached hydrogens (tertiary/aromatic N) is 3. The van der Waals surface area contributed by atoms with Gasteiger partial charge in [-0.25, -0.2) is 9.67 Å². The average Bonchev–Trinajstić information content (AvgIpc) is 2.92. The van der Waals surface area contributed by atoms with Crippen LogP contribution in [-0.4, -0.2) is 37.8 Å². The zero-order chi connectivity index (χ0) is 13.8. The summed E-state index contributed by atoms with van der Waals surface area (Å²) >= 11 is 0. The Morgan fingerprint density at radius 3 is 2.89 bits per heavy atom. The Labute approximate surface area is 111 Å². The van der Waals surface area contributed by atoms with Crippen molar-refractivity contribution in [2.75, 3.05) is 0 Å². The second kappa shape index (κ2) is 5.81. The van der Waals surface area contributed by atoms with Gasteiger partial charge in [0.15, 0.2) is 0 Å². The molecule has 1 aliphatic carbocycles. The van der Waals surface area contributed by atoms with Crippen molar-refractivity contribution in [3.8, 4) is 0 Å². The molecule has 0 saturated heterocycles. The molecule has 0 bridgehead atoms. The smallest absolute Gasteiger partial charge is 0.306 e. The monoisotopic (exact) mass is 266 g/mol. The highest BCUT2D eigenvalue weighted by molar-refractivity contribution is 5.80. The molecule has 7 nitrogen and oxygen atoms in total. The lowest BCUT2D eigenvalue weighted by atomic mass is 9.85. The molecule has 0 aliphatic heterocycles. The van der Waals surface area contributed by atoms with Gasteiger partial charge in [0, 0.05) is 6.04 Å². The van der Waals surface area contributed by atoms with E-state index in [0.717, 1.165) is 12.8 Å². The fraction of sp³-hybridized carbons (Fsp3) is 0.667. The van der Waals surface area contributed by atoms with E-state index in [2.05, 4.69) is 15.4 Å². The van der Waals surface area contributed by atoms with Gasteiger partial charge in [0.2, 0.25) is 5.91 Å². The molecule has 19 heavy (non-hydrogen) atoms. The number of carbonyl (C=O) groups excluding carboxylic acids is 1. The largest absolute Gasteiger partial charge is 0.481 e. The maximum atomic E-state index is 12.0. The predicted molar refractivity (Wildman–Crippen MR) is 66.3 cm³/mol. The maximum Gasteiger partial charge on any atom is 0.306 e. The van der Waals surface area contributed by atoms with Crippen molar-refractivity contribution in [1.82, 2.24) is 20.1 Å². The van der Waals surface area contributed by atoms with Crippen LogP contribution < -0.4 is 5.32 Å². The Bertz CT molecular complexity index is 446. The molecule has 3 unspecified atom stereocenters. The number of nitrogens with one attached hydrogen (secondary N) is 1. The molecule has 1 aromatic heterocycles. The third-order valence-electron chi connectivity index (χ3n) is 3.58. The summed E-state index contributed by atoms with van der Waals surface area (Å²) in [7, 11) is 0. The van der Waals surface area contributed by atoms with Crippen LogP contribution in [0.15, 0.2) is 12.7 Å². The Morgan fingerprint density at radius 1 is 1.47 bits per heavy atom. The van der Waals surface area contributed by atoms with Crippen molar-refractivity contribution in [3.63, 3.8) is 0 Å². The summed E-state index contributed by atoms with van der Waals surface area (Å²) < 4.78 is 1.48. The van der Waals surface area contributed by atoms with Gasteiger partial charge in [-0.2, -0.15) is 5.10 Å². The average molecular weight is 266 g/mol. The Balaban J connectivity index is 1.90. The molecule has 0 aromatic carbocycles. The topological polar surface area (TPSA) is 97.1 Å². The highest BCUT2D eigenvalue weighted by Gasteiger charge is 2.29. The number of carbonyl (C=O) groups is 2. The third kappa shape index (κ3) is 3.30. The number of hydrogen-bond acceptors (Lipinski definition) is 4. The fourth-order valence-electron chi connectivity index (χ4n) is 2.40. The predicted octanol–water partition coefficient (Wildman–Crippen LogP) is 0.599. The van der Waals surface area contributed by atoms with Gasteiger partial charge in [0.05, 0.1) is 5.92 Å². The van der Waals surface area contributed by atoms with Crippen LogP contribution in [0.1, 0.15) is 38.6 Å². The van der Waals surface area contributed by atoms with Crippen LogP contribution in [0.5, 0.6) is 0 Å². The van der Waals surface area contributed by atoms with Crippen LogP contribution in [-0.2, 0) is 9.59 Å². The van der Waals surface area contributed by atoms with Crippen LogP contribution in [0.25, 0.3) is 0 Å². The Morgan fingerprint density at radius 2 is 2.26 bits per heavy atom. The van der Waals surface area contributed by atoms with Gasteiger partial charge in [-0.1, -0.05) is 6.42 Å². The van der Waals surface area contributed by atoms with E-state index in [1.54, 1.807) is 6.92 Å². The molecule has 0 spiro atoms. The second-order valence-electron chi connectivity index (χ2n) is 4.96. The summed E-state index contributed by atoms with van der Waals surface area (Å²) in [5.74, 6) is -1.27. The van der Waals surface area contributed by atoms with E-state index in [1.807, 2.05) is 0 Å². The standard InChI is InChI=1S/C12H18N4O3/c1-8(16-7-13-6-14-16)11(17)15-10-4-2-3-9(5-10)12(18)19/h6-10H,2-5H2,1H3,(H,15,17)(H,18,19). The SMILES string of the molecule is CC(C(=O)NC1CCCC(C(=O)O)C1)n1cncn1. The minimum Gasteiger partial charge on any atom is -0.481 e. The van der Waals surface area contributed by atoms with E-state index < -0.39 is 12.0 Å². The van der Waals surface area contributed by atoms with Gasteiger partial charge >= 0.3 is 5.97 Å².